The third kappa shape index (κ3) is 2.85. The smallest absolute Gasteiger partial charge is 0.437 e. The molecule has 0 aromatic rings. The number of aliphatic imine (C=N–C) groups is 1. The number of carbonyl (C=O) groups excluding carboxylic acids is 1. The van der Waals surface area contributed by atoms with E-state index < -0.39 is 18.9 Å². The minimum atomic E-state index is -4.94. The van der Waals surface area contributed by atoms with Gasteiger partial charge in [-0.2, -0.15) is 13.2 Å². The van der Waals surface area contributed by atoms with E-state index in [2.05, 4.69) is 9.73 Å². The van der Waals surface area contributed by atoms with E-state index in [1.54, 1.807) is 4.90 Å². The largest absolute Gasteiger partial charge is 0.490 e. The Morgan fingerprint density at radius 2 is 2.00 bits per heavy atom. The van der Waals surface area contributed by atoms with Gasteiger partial charge in [-0.3, -0.25) is 4.99 Å². The van der Waals surface area contributed by atoms with Gasteiger partial charge in [-0.15, -0.1) is 0 Å². The molecule has 102 valence electrons. The van der Waals surface area contributed by atoms with E-state index in [0.717, 1.165) is 25.9 Å². The van der Waals surface area contributed by atoms with Crippen LogP contribution in [0, 0.1) is 0 Å². The first-order valence-electron chi connectivity index (χ1n) is 5.77. The molecule has 0 bridgehead atoms. The molecule has 1 fully saturated rings. The molecule has 18 heavy (non-hydrogen) atoms. The number of fused-ring (bicyclic) bond motifs is 1. The second kappa shape index (κ2) is 5.03. The average Bonchev–Trinajstić information content (AvgIpc) is 2.34. The molecule has 1 saturated heterocycles. The number of carbonyl (C=O) groups is 1. The Bertz CT molecular complexity index is 357. The van der Waals surface area contributed by atoms with Gasteiger partial charge < -0.3 is 14.5 Å². The van der Waals surface area contributed by atoms with Crippen LogP contribution in [0.3, 0.4) is 0 Å². The molecule has 8 heteroatoms. The summed E-state index contributed by atoms with van der Waals surface area (Å²) < 4.78 is 40.3. The number of hydrogen-bond donors (Lipinski definition) is 0. The first-order chi connectivity index (χ1) is 8.48. The number of halogens is 3. The van der Waals surface area contributed by atoms with E-state index in [1.165, 1.54) is 0 Å². The Labute approximate surface area is 102 Å². The summed E-state index contributed by atoms with van der Waals surface area (Å²) in [6.07, 6.45) is -3.17. The van der Waals surface area contributed by atoms with Crippen LogP contribution in [-0.2, 0) is 9.53 Å². The van der Waals surface area contributed by atoms with Crippen LogP contribution >= 0.6 is 0 Å². The van der Waals surface area contributed by atoms with Gasteiger partial charge in [0.05, 0.1) is 0 Å². The highest BCUT2D eigenvalue weighted by atomic mass is 19.4. The quantitative estimate of drug-likeness (QED) is 0.693. The van der Waals surface area contributed by atoms with Crippen molar-refractivity contribution < 1.29 is 22.7 Å². The number of guanidine groups is 1. The van der Waals surface area contributed by atoms with Gasteiger partial charge in [0, 0.05) is 26.2 Å². The maximum absolute atomic E-state index is 12.0. The Morgan fingerprint density at radius 3 is 2.72 bits per heavy atom. The van der Waals surface area contributed by atoms with Crippen molar-refractivity contribution in [3.63, 3.8) is 0 Å². The molecule has 0 N–H and O–H groups in total. The molecule has 0 amide bonds. The number of esters is 1. The van der Waals surface area contributed by atoms with Crippen LogP contribution in [0.4, 0.5) is 13.2 Å². The van der Waals surface area contributed by atoms with E-state index in [1.807, 2.05) is 4.90 Å². The molecule has 2 aliphatic rings. The lowest BCUT2D eigenvalue weighted by atomic mass is 10.2. The molecule has 0 radical (unpaired) electrons. The summed E-state index contributed by atoms with van der Waals surface area (Å²) in [5.41, 5.74) is 0. The lowest BCUT2D eigenvalue weighted by Crippen LogP contribution is -2.53. The fourth-order valence-electron chi connectivity index (χ4n) is 2.05. The number of rotatable bonds is 2. The van der Waals surface area contributed by atoms with Crippen LogP contribution in [0.1, 0.15) is 12.8 Å². The van der Waals surface area contributed by atoms with Crippen LogP contribution in [0.25, 0.3) is 0 Å². The van der Waals surface area contributed by atoms with Gasteiger partial charge >= 0.3 is 12.1 Å². The monoisotopic (exact) mass is 265 g/mol. The van der Waals surface area contributed by atoms with Crippen LogP contribution in [0.5, 0.6) is 0 Å². The van der Waals surface area contributed by atoms with Crippen molar-refractivity contribution in [1.29, 1.82) is 0 Å². The number of hydrogen-bond acceptors (Lipinski definition) is 5. The maximum Gasteiger partial charge on any atom is 0.490 e. The molecule has 2 heterocycles. The molecule has 0 spiro atoms. The third-order valence-electron chi connectivity index (χ3n) is 2.84. The first kappa shape index (κ1) is 13.0. The lowest BCUT2D eigenvalue weighted by molar-refractivity contribution is -0.202. The van der Waals surface area contributed by atoms with E-state index in [9.17, 15) is 18.0 Å². The van der Waals surface area contributed by atoms with Gasteiger partial charge in [0.2, 0.25) is 0 Å². The zero-order valence-corrected chi connectivity index (χ0v) is 9.74. The summed E-state index contributed by atoms with van der Waals surface area (Å²) in [5, 5.41) is 0. The summed E-state index contributed by atoms with van der Waals surface area (Å²) in [7, 11) is 0. The van der Waals surface area contributed by atoms with Crippen molar-refractivity contribution in [3.8, 4) is 0 Å². The van der Waals surface area contributed by atoms with E-state index >= 15 is 0 Å². The van der Waals surface area contributed by atoms with E-state index in [4.69, 9.17) is 0 Å². The van der Waals surface area contributed by atoms with Crippen LogP contribution in [0.2, 0.25) is 0 Å². The fourth-order valence-corrected chi connectivity index (χ4v) is 2.05. The van der Waals surface area contributed by atoms with Crippen molar-refractivity contribution in [2.45, 2.75) is 19.0 Å². The molecule has 0 aromatic heterocycles. The topological polar surface area (TPSA) is 45.1 Å². The number of ether oxygens (including phenoxy) is 1. The van der Waals surface area contributed by atoms with Gasteiger partial charge in [-0.25, -0.2) is 4.79 Å². The minimum Gasteiger partial charge on any atom is -0.437 e. The Morgan fingerprint density at radius 1 is 1.28 bits per heavy atom. The van der Waals surface area contributed by atoms with Gasteiger partial charge in [0.15, 0.2) is 12.7 Å². The molecule has 2 rings (SSSR count). The van der Waals surface area contributed by atoms with Gasteiger partial charge in [-0.05, 0) is 12.8 Å². The van der Waals surface area contributed by atoms with Crippen molar-refractivity contribution >= 4 is 11.9 Å². The highest BCUT2D eigenvalue weighted by molar-refractivity contribution is 5.81. The summed E-state index contributed by atoms with van der Waals surface area (Å²) in [5.74, 6) is -1.52. The highest BCUT2D eigenvalue weighted by Crippen LogP contribution is 2.18. The zero-order valence-electron chi connectivity index (χ0n) is 9.74. The fraction of sp³-hybridized carbons (Fsp3) is 0.800. The molecule has 0 aliphatic carbocycles. The molecular weight excluding hydrogens is 251 g/mol. The Kier molecular flexibility index (Phi) is 3.63. The van der Waals surface area contributed by atoms with Crippen molar-refractivity contribution in [3.05, 3.63) is 0 Å². The molecule has 2 aliphatic heterocycles. The second-order valence-electron chi connectivity index (χ2n) is 4.20. The third-order valence-corrected chi connectivity index (χ3v) is 2.84. The molecular formula is C10H14F3N3O2. The molecule has 0 atom stereocenters. The zero-order chi connectivity index (χ0) is 13.2. The van der Waals surface area contributed by atoms with E-state index in [-0.39, 0.29) is 0 Å². The first-order valence-corrected chi connectivity index (χ1v) is 5.77. The van der Waals surface area contributed by atoms with Crippen molar-refractivity contribution in [2.24, 2.45) is 4.99 Å². The predicted molar refractivity (Wildman–Crippen MR) is 56.8 cm³/mol. The second-order valence-corrected chi connectivity index (χ2v) is 4.20. The van der Waals surface area contributed by atoms with Crippen molar-refractivity contribution in [1.82, 2.24) is 9.80 Å². The summed E-state index contributed by atoms with van der Waals surface area (Å²) >= 11 is 0. The Balaban J connectivity index is 1.92. The Hall–Kier alpha value is -1.47. The minimum absolute atomic E-state index is 0.395. The molecule has 0 unspecified atom stereocenters. The average molecular weight is 265 g/mol. The summed E-state index contributed by atoms with van der Waals surface area (Å²) in [6.45, 7) is 2.52. The standard InChI is InChI=1S/C10H14F3N3O2/c11-10(12,13)8(17)18-7-16-6-2-5-15-4-1-3-14-9(15)16/h1-7H2. The van der Waals surface area contributed by atoms with Crippen LogP contribution in [-0.4, -0.2) is 60.8 Å². The van der Waals surface area contributed by atoms with Crippen molar-refractivity contribution in [2.75, 3.05) is 32.9 Å². The predicted octanol–water partition coefficient (Wildman–Crippen LogP) is 0.817. The normalized spacial score (nSPS) is 20.3. The molecule has 0 aromatic carbocycles. The van der Waals surface area contributed by atoms with Crippen LogP contribution in [0.15, 0.2) is 4.99 Å². The SMILES string of the molecule is O=C(OCN1CCCN2CCCN=C21)C(F)(F)F. The van der Waals surface area contributed by atoms with Gasteiger partial charge in [0.25, 0.3) is 0 Å². The maximum atomic E-state index is 12.0. The summed E-state index contributed by atoms with van der Waals surface area (Å²) in [6, 6.07) is 0. The van der Waals surface area contributed by atoms with Gasteiger partial charge in [0.1, 0.15) is 0 Å². The van der Waals surface area contributed by atoms with Crippen LogP contribution < -0.4 is 0 Å². The van der Waals surface area contributed by atoms with E-state index in [0.29, 0.717) is 19.0 Å². The highest BCUT2D eigenvalue weighted by Gasteiger charge is 2.41. The molecule has 5 nitrogen and oxygen atoms in total. The number of nitrogens with zero attached hydrogens (tertiary/aromatic N) is 3. The number of alkyl halides is 3. The lowest BCUT2D eigenvalue weighted by Gasteiger charge is -2.40. The molecule has 0 saturated carbocycles. The summed E-state index contributed by atoms with van der Waals surface area (Å²) in [4.78, 5) is 18.5. The van der Waals surface area contributed by atoms with Gasteiger partial charge in [-0.1, -0.05) is 0 Å².